The van der Waals surface area contributed by atoms with Crippen molar-refractivity contribution in [2.24, 2.45) is 5.92 Å². The molecule has 2 fully saturated rings. The molecule has 1 aliphatic carbocycles. The van der Waals surface area contributed by atoms with Gasteiger partial charge in [-0.25, -0.2) is 4.79 Å². The van der Waals surface area contributed by atoms with Crippen LogP contribution in [0.2, 0.25) is 0 Å². The average Bonchev–Trinajstić information content (AvgIpc) is 3.04. The number of carbonyl (C=O) groups is 1. The van der Waals surface area contributed by atoms with Crippen LogP contribution < -0.4 is 0 Å². The van der Waals surface area contributed by atoms with Gasteiger partial charge in [-0.05, 0) is 72.3 Å². The summed E-state index contributed by atoms with van der Waals surface area (Å²) >= 11 is 3.73. The maximum Gasteiger partial charge on any atom is 0.409 e. The Morgan fingerprint density at radius 1 is 1.29 bits per heavy atom. The van der Waals surface area contributed by atoms with E-state index < -0.39 is 0 Å². The summed E-state index contributed by atoms with van der Waals surface area (Å²) in [4.78, 5) is 20.3. The average molecular weight is 446 g/mol. The minimum absolute atomic E-state index is 0.118. The lowest BCUT2D eigenvalue weighted by atomic mass is 9.72. The van der Waals surface area contributed by atoms with Gasteiger partial charge in [0, 0.05) is 48.4 Å². The number of nitrogens with one attached hydrogen (secondary N) is 1. The van der Waals surface area contributed by atoms with Crippen molar-refractivity contribution in [2.75, 3.05) is 33.3 Å². The number of halogens is 1. The quantitative estimate of drug-likeness (QED) is 0.739. The normalized spacial score (nSPS) is 27.6. The minimum Gasteiger partial charge on any atom is -0.449 e. The van der Waals surface area contributed by atoms with E-state index in [0.717, 1.165) is 49.9 Å². The van der Waals surface area contributed by atoms with Crippen molar-refractivity contribution >= 4 is 32.9 Å². The predicted molar refractivity (Wildman–Crippen MR) is 114 cm³/mol. The van der Waals surface area contributed by atoms with Crippen LogP contribution in [0.5, 0.6) is 0 Å². The molecule has 0 unspecified atom stereocenters. The summed E-state index contributed by atoms with van der Waals surface area (Å²) in [6.07, 6.45) is 5.46. The number of rotatable bonds is 2. The van der Waals surface area contributed by atoms with Crippen LogP contribution in [0.4, 0.5) is 4.79 Å². The number of fused-ring (bicyclic) bond motifs is 2. The molecule has 1 N–H and O–H groups in total. The number of hydrogen-bond acceptors (Lipinski definition) is 3. The van der Waals surface area contributed by atoms with Gasteiger partial charge >= 0.3 is 6.09 Å². The molecule has 0 bridgehead atoms. The molecule has 1 amide bonds. The van der Waals surface area contributed by atoms with E-state index in [9.17, 15) is 4.79 Å². The van der Waals surface area contributed by atoms with E-state index in [1.807, 2.05) is 4.90 Å². The molecule has 2 aromatic rings. The monoisotopic (exact) mass is 445 g/mol. The summed E-state index contributed by atoms with van der Waals surface area (Å²) < 4.78 is 6.87. The van der Waals surface area contributed by atoms with Gasteiger partial charge in [0.15, 0.2) is 0 Å². The molecule has 5 nitrogen and oxygen atoms in total. The molecule has 150 valence electrons. The Kier molecular flexibility index (Phi) is 4.87. The number of hydrogen-bond donors (Lipinski definition) is 1. The number of benzene rings is 1. The number of likely N-dealkylation sites (N-methyl/N-ethyl adjacent to an activating group) is 1. The molecule has 2 aliphatic heterocycles. The van der Waals surface area contributed by atoms with E-state index in [0.29, 0.717) is 24.5 Å². The second kappa shape index (κ2) is 7.38. The minimum atomic E-state index is -0.118. The summed E-state index contributed by atoms with van der Waals surface area (Å²) in [5.41, 5.74) is 4.08. The summed E-state index contributed by atoms with van der Waals surface area (Å²) in [5.74, 6) is 0.885. The molecule has 2 saturated heterocycles. The first kappa shape index (κ1) is 18.5. The number of aromatic nitrogens is 1. The molecule has 3 atom stereocenters. The molecule has 3 aliphatic rings. The first-order valence-electron chi connectivity index (χ1n) is 10.5. The highest BCUT2D eigenvalue weighted by Gasteiger charge is 2.40. The van der Waals surface area contributed by atoms with E-state index in [2.05, 4.69) is 51.1 Å². The molecule has 0 saturated carbocycles. The zero-order chi connectivity index (χ0) is 19.3. The van der Waals surface area contributed by atoms with Crippen molar-refractivity contribution < 1.29 is 9.53 Å². The van der Waals surface area contributed by atoms with Gasteiger partial charge in [0.25, 0.3) is 0 Å². The third-order valence-corrected chi connectivity index (χ3v) is 7.62. The van der Waals surface area contributed by atoms with Crippen molar-refractivity contribution in [3.8, 4) is 0 Å². The van der Waals surface area contributed by atoms with Crippen LogP contribution >= 0.6 is 15.9 Å². The Morgan fingerprint density at radius 2 is 2.11 bits per heavy atom. The fourth-order valence-corrected chi connectivity index (χ4v) is 6.15. The summed E-state index contributed by atoms with van der Waals surface area (Å²) in [5, 5.41) is 1.40. The van der Waals surface area contributed by atoms with Crippen molar-refractivity contribution in [1.29, 1.82) is 0 Å². The first-order valence-corrected chi connectivity index (χ1v) is 11.3. The van der Waals surface area contributed by atoms with Crippen LogP contribution in [-0.4, -0.2) is 60.2 Å². The zero-order valence-corrected chi connectivity index (χ0v) is 18.0. The van der Waals surface area contributed by atoms with Crippen LogP contribution in [0.15, 0.2) is 22.8 Å². The number of carbonyl (C=O) groups excluding carboxylic acids is 1. The fraction of sp³-hybridized carbons (Fsp3) is 0.591. The Labute approximate surface area is 174 Å². The number of piperidine rings is 2. The zero-order valence-electron chi connectivity index (χ0n) is 16.4. The van der Waals surface area contributed by atoms with E-state index in [-0.39, 0.29) is 6.09 Å². The molecule has 6 heteroatoms. The van der Waals surface area contributed by atoms with Gasteiger partial charge in [-0.3, -0.25) is 0 Å². The van der Waals surface area contributed by atoms with E-state index in [1.165, 1.54) is 28.5 Å². The molecule has 1 aromatic heterocycles. The summed E-state index contributed by atoms with van der Waals surface area (Å²) in [6.45, 7) is 3.22. The van der Waals surface area contributed by atoms with Gasteiger partial charge in [0.1, 0.15) is 0 Å². The van der Waals surface area contributed by atoms with Gasteiger partial charge in [-0.2, -0.15) is 0 Å². The standard InChI is InChI=1S/C22H28BrN3O2/c1-25-12-14(13-28-22(27)26-8-3-2-4-9-26)10-16-15-6-5-7-18-20(15)17(11-19(16)25)21(23)24-18/h5-7,14,16,19,24H,2-4,8-13H2,1H3/t14-,16-,19-/m1/s1. The highest BCUT2D eigenvalue weighted by atomic mass is 79.9. The Balaban J connectivity index is 1.33. The van der Waals surface area contributed by atoms with E-state index in [1.54, 1.807) is 0 Å². The molecule has 28 heavy (non-hydrogen) atoms. The van der Waals surface area contributed by atoms with Crippen LogP contribution in [0, 0.1) is 5.92 Å². The maximum atomic E-state index is 12.4. The molecular formula is C22H28BrN3O2. The van der Waals surface area contributed by atoms with Crippen LogP contribution in [0.1, 0.15) is 42.7 Å². The number of likely N-dealkylation sites (tertiary alicyclic amines) is 2. The highest BCUT2D eigenvalue weighted by Crippen LogP contribution is 2.46. The Bertz CT molecular complexity index is 889. The number of nitrogens with zero attached hydrogens (tertiary/aromatic N) is 2. The SMILES string of the molecule is CN1C[C@H](COC(=O)N2CCCCC2)C[C@@H]2c3cccc4[nH]c(Br)c(c34)C[C@H]21. The van der Waals surface area contributed by atoms with Crippen molar-refractivity contribution in [2.45, 2.75) is 44.1 Å². The molecule has 0 spiro atoms. The lowest BCUT2D eigenvalue weighted by Crippen LogP contribution is -2.49. The highest BCUT2D eigenvalue weighted by molar-refractivity contribution is 9.10. The molecule has 0 radical (unpaired) electrons. The lowest BCUT2D eigenvalue weighted by molar-refractivity contribution is 0.0444. The van der Waals surface area contributed by atoms with Crippen molar-refractivity contribution in [3.63, 3.8) is 0 Å². The van der Waals surface area contributed by atoms with Crippen molar-refractivity contribution in [3.05, 3.63) is 33.9 Å². The summed E-state index contributed by atoms with van der Waals surface area (Å²) in [6, 6.07) is 7.13. The topological polar surface area (TPSA) is 48.6 Å². The predicted octanol–water partition coefficient (Wildman–Crippen LogP) is 4.51. The van der Waals surface area contributed by atoms with Crippen LogP contribution in [0.3, 0.4) is 0 Å². The van der Waals surface area contributed by atoms with E-state index >= 15 is 0 Å². The number of aromatic amines is 1. The Hall–Kier alpha value is -1.53. The van der Waals surface area contributed by atoms with Gasteiger partial charge in [-0.1, -0.05) is 12.1 Å². The largest absolute Gasteiger partial charge is 0.449 e. The molecule has 5 rings (SSSR count). The second-order valence-electron chi connectivity index (χ2n) is 8.73. The summed E-state index contributed by atoms with van der Waals surface area (Å²) in [7, 11) is 2.22. The van der Waals surface area contributed by atoms with Gasteiger partial charge in [-0.15, -0.1) is 0 Å². The van der Waals surface area contributed by atoms with Crippen LogP contribution in [-0.2, 0) is 11.2 Å². The van der Waals surface area contributed by atoms with E-state index in [4.69, 9.17) is 4.74 Å². The van der Waals surface area contributed by atoms with Crippen LogP contribution in [0.25, 0.3) is 10.9 Å². The number of ether oxygens (including phenoxy) is 1. The first-order chi connectivity index (χ1) is 13.6. The molecule has 3 heterocycles. The fourth-order valence-electron chi connectivity index (χ4n) is 5.57. The molecule has 1 aromatic carbocycles. The lowest BCUT2D eigenvalue weighted by Gasteiger charge is -2.45. The van der Waals surface area contributed by atoms with Gasteiger partial charge < -0.3 is 19.5 Å². The number of amides is 1. The van der Waals surface area contributed by atoms with Gasteiger partial charge in [0.2, 0.25) is 0 Å². The number of H-pyrrole nitrogens is 1. The Morgan fingerprint density at radius 3 is 2.93 bits per heavy atom. The molecular weight excluding hydrogens is 418 g/mol. The van der Waals surface area contributed by atoms with Crippen molar-refractivity contribution in [1.82, 2.24) is 14.8 Å². The third kappa shape index (κ3) is 3.14. The third-order valence-electron chi connectivity index (χ3n) is 6.94. The smallest absolute Gasteiger partial charge is 0.409 e. The second-order valence-corrected chi connectivity index (χ2v) is 9.52. The van der Waals surface area contributed by atoms with Gasteiger partial charge in [0.05, 0.1) is 11.2 Å². The maximum absolute atomic E-state index is 12.4.